The summed E-state index contributed by atoms with van der Waals surface area (Å²) in [6.45, 7) is 6.88. The highest BCUT2D eigenvalue weighted by Gasteiger charge is 2.36. The van der Waals surface area contributed by atoms with E-state index in [-0.39, 0.29) is 0 Å². The van der Waals surface area contributed by atoms with Gasteiger partial charge in [-0.3, -0.25) is 4.90 Å². The molecular weight excluding hydrogens is 238 g/mol. The molecule has 3 atom stereocenters. The molecule has 0 spiro atoms. The fraction of sp³-hybridized carbons (Fsp3) is 0.625. The Balaban J connectivity index is 1.86. The normalized spacial score (nSPS) is 30.4. The van der Waals surface area contributed by atoms with E-state index in [1.54, 1.807) is 0 Å². The van der Waals surface area contributed by atoms with Gasteiger partial charge >= 0.3 is 0 Å². The van der Waals surface area contributed by atoms with Crippen molar-refractivity contribution in [3.05, 3.63) is 35.9 Å². The number of rotatable bonds is 3. The van der Waals surface area contributed by atoms with E-state index >= 15 is 0 Å². The van der Waals surface area contributed by atoms with Crippen LogP contribution in [-0.2, 0) is 9.47 Å². The lowest BCUT2D eigenvalue weighted by molar-refractivity contribution is -0.00961. The van der Waals surface area contributed by atoms with Crippen molar-refractivity contribution in [3.63, 3.8) is 0 Å². The Labute approximate surface area is 115 Å². The van der Waals surface area contributed by atoms with Crippen molar-refractivity contribution in [2.75, 3.05) is 32.9 Å². The van der Waals surface area contributed by atoms with Gasteiger partial charge in [-0.05, 0) is 18.9 Å². The molecular formula is C16H23NO2. The van der Waals surface area contributed by atoms with Crippen LogP contribution in [0.15, 0.2) is 30.3 Å². The topological polar surface area (TPSA) is 21.7 Å². The Morgan fingerprint density at radius 3 is 2.47 bits per heavy atom. The molecule has 3 heteroatoms. The third-order valence-corrected chi connectivity index (χ3v) is 4.42. The molecule has 0 radical (unpaired) electrons. The van der Waals surface area contributed by atoms with Gasteiger partial charge in [0.05, 0.1) is 19.3 Å². The average molecular weight is 261 g/mol. The molecule has 19 heavy (non-hydrogen) atoms. The van der Waals surface area contributed by atoms with Crippen molar-refractivity contribution in [1.29, 1.82) is 0 Å². The smallest absolute Gasteiger partial charge is 0.0594 e. The SMILES string of the molecule is C[C@@H]1OCC[C@H]1[C@@H](c1ccccc1)N1CCOCC1. The molecule has 2 heterocycles. The Kier molecular flexibility index (Phi) is 4.16. The molecule has 0 N–H and O–H groups in total. The second kappa shape index (κ2) is 6.04. The molecule has 1 aromatic carbocycles. The molecule has 0 amide bonds. The second-order valence-electron chi connectivity index (χ2n) is 5.53. The van der Waals surface area contributed by atoms with E-state index in [4.69, 9.17) is 9.47 Å². The number of nitrogens with zero attached hydrogens (tertiary/aromatic N) is 1. The van der Waals surface area contributed by atoms with Crippen molar-refractivity contribution in [2.45, 2.75) is 25.5 Å². The first kappa shape index (κ1) is 13.1. The predicted octanol–water partition coefficient (Wildman–Crippen LogP) is 2.48. The van der Waals surface area contributed by atoms with Gasteiger partial charge in [-0.2, -0.15) is 0 Å². The van der Waals surface area contributed by atoms with Crippen LogP contribution in [0.5, 0.6) is 0 Å². The van der Waals surface area contributed by atoms with E-state index in [0.29, 0.717) is 18.1 Å². The fourth-order valence-corrected chi connectivity index (χ4v) is 3.40. The third kappa shape index (κ3) is 2.83. The highest BCUT2D eigenvalue weighted by molar-refractivity contribution is 5.21. The number of morpholine rings is 1. The highest BCUT2D eigenvalue weighted by atomic mass is 16.5. The molecule has 0 aliphatic carbocycles. The monoisotopic (exact) mass is 261 g/mol. The minimum Gasteiger partial charge on any atom is -0.379 e. The summed E-state index contributed by atoms with van der Waals surface area (Å²) in [6.07, 6.45) is 1.52. The summed E-state index contributed by atoms with van der Waals surface area (Å²) in [7, 11) is 0. The zero-order chi connectivity index (χ0) is 13.1. The minimum atomic E-state index is 0.355. The van der Waals surface area contributed by atoms with Crippen LogP contribution in [0.2, 0.25) is 0 Å². The minimum absolute atomic E-state index is 0.355. The van der Waals surface area contributed by atoms with Crippen molar-refractivity contribution in [3.8, 4) is 0 Å². The molecule has 2 saturated heterocycles. The number of benzene rings is 1. The molecule has 0 aromatic heterocycles. The van der Waals surface area contributed by atoms with E-state index < -0.39 is 0 Å². The molecule has 0 saturated carbocycles. The zero-order valence-corrected chi connectivity index (χ0v) is 11.6. The van der Waals surface area contributed by atoms with Gasteiger partial charge < -0.3 is 9.47 Å². The van der Waals surface area contributed by atoms with Crippen LogP contribution in [0, 0.1) is 5.92 Å². The van der Waals surface area contributed by atoms with Gasteiger partial charge in [0, 0.05) is 31.7 Å². The van der Waals surface area contributed by atoms with Crippen molar-refractivity contribution >= 4 is 0 Å². The molecule has 3 rings (SSSR count). The Hall–Kier alpha value is -0.900. The molecule has 1 aromatic rings. The first-order valence-corrected chi connectivity index (χ1v) is 7.34. The van der Waals surface area contributed by atoms with Crippen LogP contribution >= 0.6 is 0 Å². The molecule has 2 fully saturated rings. The highest BCUT2D eigenvalue weighted by Crippen LogP contribution is 2.37. The number of ether oxygens (including phenoxy) is 2. The maximum Gasteiger partial charge on any atom is 0.0594 e. The van der Waals surface area contributed by atoms with Crippen LogP contribution in [0.25, 0.3) is 0 Å². The van der Waals surface area contributed by atoms with Crippen LogP contribution in [0.4, 0.5) is 0 Å². The number of hydrogen-bond donors (Lipinski definition) is 0. The molecule has 2 aliphatic heterocycles. The molecule has 3 nitrogen and oxygen atoms in total. The molecule has 2 aliphatic rings. The first-order valence-electron chi connectivity index (χ1n) is 7.34. The standard InChI is InChI=1S/C16H23NO2/c1-13-15(7-10-19-13)16(14-5-3-2-4-6-14)17-8-11-18-12-9-17/h2-6,13,15-16H,7-12H2,1H3/t13-,15+,16+/m0/s1. The lowest BCUT2D eigenvalue weighted by Crippen LogP contribution is -2.43. The van der Waals surface area contributed by atoms with Crippen LogP contribution in [0.3, 0.4) is 0 Å². The maximum absolute atomic E-state index is 5.80. The quantitative estimate of drug-likeness (QED) is 0.834. The molecule has 0 bridgehead atoms. The number of hydrogen-bond acceptors (Lipinski definition) is 3. The van der Waals surface area contributed by atoms with Crippen molar-refractivity contribution in [1.82, 2.24) is 4.90 Å². The Morgan fingerprint density at radius 2 is 1.84 bits per heavy atom. The summed E-state index contributed by atoms with van der Waals surface area (Å²) < 4.78 is 11.3. The first-order chi connectivity index (χ1) is 9.36. The summed E-state index contributed by atoms with van der Waals surface area (Å²) in [4.78, 5) is 2.58. The van der Waals surface area contributed by atoms with E-state index in [0.717, 1.165) is 39.3 Å². The third-order valence-electron chi connectivity index (χ3n) is 4.42. The zero-order valence-electron chi connectivity index (χ0n) is 11.6. The van der Waals surface area contributed by atoms with Crippen LogP contribution in [0.1, 0.15) is 24.9 Å². The van der Waals surface area contributed by atoms with Gasteiger partial charge in [0.15, 0.2) is 0 Å². The molecule has 0 unspecified atom stereocenters. The molecule has 104 valence electrons. The van der Waals surface area contributed by atoms with Gasteiger partial charge in [0.2, 0.25) is 0 Å². The van der Waals surface area contributed by atoms with E-state index in [2.05, 4.69) is 42.2 Å². The Morgan fingerprint density at radius 1 is 1.11 bits per heavy atom. The largest absolute Gasteiger partial charge is 0.379 e. The van der Waals surface area contributed by atoms with Crippen molar-refractivity contribution < 1.29 is 9.47 Å². The summed E-state index contributed by atoms with van der Waals surface area (Å²) >= 11 is 0. The van der Waals surface area contributed by atoms with E-state index in [1.165, 1.54) is 5.56 Å². The summed E-state index contributed by atoms with van der Waals surface area (Å²) in [5, 5.41) is 0. The average Bonchev–Trinajstić information content (AvgIpc) is 2.88. The second-order valence-corrected chi connectivity index (χ2v) is 5.53. The van der Waals surface area contributed by atoms with Gasteiger partial charge in [-0.1, -0.05) is 30.3 Å². The summed E-state index contributed by atoms with van der Waals surface area (Å²) in [5.41, 5.74) is 1.42. The fourth-order valence-electron chi connectivity index (χ4n) is 3.40. The summed E-state index contributed by atoms with van der Waals surface area (Å²) in [5.74, 6) is 0.598. The van der Waals surface area contributed by atoms with Gasteiger partial charge in [0.25, 0.3) is 0 Å². The van der Waals surface area contributed by atoms with Crippen molar-refractivity contribution in [2.24, 2.45) is 5.92 Å². The van der Waals surface area contributed by atoms with Gasteiger partial charge in [0.1, 0.15) is 0 Å². The van der Waals surface area contributed by atoms with Crippen LogP contribution in [-0.4, -0.2) is 43.9 Å². The van der Waals surface area contributed by atoms with Crippen LogP contribution < -0.4 is 0 Å². The van der Waals surface area contributed by atoms with Gasteiger partial charge in [-0.25, -0.2) is 0 Å². The summed E-state index contributed by atoms with van der Waals surface area (Å²) in [6, 6.07) is 11.4. The van der Waals surface area contributed by atoms with E-state index in [9.17, 15) is 0 Å². The predicted molar refractivity (Wildman–Crippen MR) is 75.1 cm³/mol. The maximum atomic E-state index is 5.80. The Bertz CT molecular complexity index is 389. The van der Waals surface area contributed by atoms with E-state index in [1.807, 2.05) is 0 Å². The lowest BCUT2D eigenvalue weighted by atomic mass is 9.87. The lowest BCUT2D eigenvalue weighted by Gasteiger charge is -2.39. The van der Waals surface area contributed by atoms with Gasteiger partial charge in [-0.15, -0.1) is 0 Å².